The molecule has 1 aromatic rings. The first-order valence-corrected chi connectivity index (χ1v) is 8.14. The van der Waals surface area contributed by atoms with Crippen molar-refractivity contribution in [1.29, 1.82) is 0 Å². The summed E-state index contributed by atoms with van der Waals surface area (Å²) < 4.78 is 16.6. The lowest BCUT2D eigenvalue weighted by Crippen LogP contribution is -2.16. The second kappa shape index (κ2) is 8.58. The third-order valence-corrected chi connectivity index (χ3v) is 4.22. The van der Waals surface area contributed by atoms with Crippen LogP contribution in [0.2, 0.25) is 0 Å². The van der Waals surface area contributed by atoms with Crippen molar-refractivity contribution in [2.45, 2.75) is 26.2 Å². The molecule has 5 nitrogen and oxygen atoms in total. The maximum atomic E-state index is 11.8. The molecule has 6 heteroatoms. The van der Waals surface area contributed by atoms with Crippen LogP contribution >= 0.6 is 0 Å². The summed E-state index contributed by atoms with van der Waals surface area (Å²) in [4.78, 5) is 11.8. The Morgan fingerprint density at radius 2 is 2.15 bits per heavy atom. The summed E-state index contributed by atoms with van der Waals surface area (Å²) in [6.45, 7) is 2.05. The fraction of sp³-hybridized carbons (Fsp3) is 0.500. The lowest BCUT2D eigenvalue weighted by atomic mass is 10.2. The van der Waals surface area contributed by atoms with Gasteiger partial charge in [0.05, 0.1) is 18.5 Å². The fourth-order valence-electron chi connectivity index (χ4n) is 1.61. The molecule has 0 heterocycles. The Kier molecular flexibility index (Phi) is 7.08. The number of hydrogen-bond donors (Lipinski definition) is 2. The van der Waals surface area contributed by atoms with Gasteiger partial charge in [-0.1, -0.05) is 13.3 Å². The van der Waals surface area contributed by atoms with Crippen molar-refractivity contribution < 1.29 is 13.7 Å². The normalized spacial score (nSPS) is 11.9. The highest BCUT2D eigenvalue weighted by molar-refractivity contribution is 7.84. The fourth-order valence-corrected chi connectivity index (χ4v) is 2.84. The van der Waals surface area contributed by atoms with Crippen molar-refractivity contribution in [3.05, 3.63) is 18.2 Å². The molecule has 0 saturated carbocycles. The first kappa shape index (κ1) is 16.5. The first-order chi connectivity index (χ1) is 9.56. The zero-order chi connectivity index (χ0) is 15.0. The molecule has 0 spiro atoms. The van der Waals surface area contributed by atoms with Gasteiger partial charge in [0, 0.05) is 34.8 Å². The number of carbonyl (C=O) groups excluding carboxylic acids is 1. The van der Waals surface area contributed by atoms with E-state index in [2.05, 4.69) is 12.2 Å². The Bertz CT molecular complexity index is 477. The van der Waals surface area contributed by atoms with Gasteiger partial charge >= 0.3 is 0 Å². The van der Waals surface area contributed by atoms with Crippen LogP contribution in [0.1, 0.15) is 26.2 Å². The number of unbranched alkanes of at least 4 members (excludes halogenated alkanes) is 1. The highest BCUT2D eigenvalue weighted by atomic mass is 32.2. The third-order valence-electron chi connectivity index (χ3n) is 2.82. The minimum absolute atomic E-state index is 0.174. The molecule has 0 aromatic heterocycles. The number of nitrogen functional groups attached to an aromatic ring is 1. The van der Waals surface area contributed by atoms with Crippen LogP contribution in [0.15, 0.2) is 18.2 Å². The predicted molar refractivity (Wildman–Crippen MR) is 83.4 cm³/mol. The van der Waals surface area contributed by atoms with Gasteiger partial charge in [-0.25, -0.2) is 0 Å². The number of methoxy groups -OCH3 is 1. The Morgan fingerprint density at radius 3 is 2.75 bits per heavy atom. The van der Waals surface area contributed by atoms with E-state index in [0.29, 0.717) is 28.6 Å². The van der Waals surface area contributed by atoms with Crippen LogP contribution in [-0.4, -0.2) is 28.7 Å². The van der Waals surface area contributed by atoms with Crippen molar-refractivity contribution in [1.82, 2.24) is 0 Å². The molecular weight excluding hydrogens is 276 g/mol. The highest BCUT2D eigenvalue weighted by Gasteiger charge is 2.08. The molecule has 1 aromatic carbocycles. The molecule has 112 valence electrons. The summed E-state index contributed by atoms with van der Waals surface area (Å²) in [5.74, 6) is 1.52. The molecule has 0 aliphatic heterocycles. The number of rotatable bonds is 8. The second-order valence-electron chi connectivity index (χ2n) is 4.45. The lowest BCUT2D eigenvalue weighted by molar-refractivity contribution is -0.115. The van der Waals surface area contributed by atoms with Crippen LogP contribution in [0, 0.1) is 0 Å². The van der Waals surface area contributed by atoms with Gasteiger partial charge in [0.25, 0.3) is 0 Å². The summed E-state index contributed by atoms with van der Waals surface area (Å²) >= 11 is 0. The van der Waals surface area contributed by atoms with Gasteiger partial charge in [-0.15, -0.1) is 0 Å². The number of carbonyl (C=O) groups is 1. The Morgan fingerprint density at radius 1 is 1.40 bits per heavy atom. The molecule has 0 radical (unpaired) electrons. The van der Waals surface area contributed by atoms with Crippen LogP contribution in [0.5, 0.6) is 5.75 Å². The summed E-state index contributed by atoms with van der Waals surface area (Å²) in [5, 5.41) is 2.72. The molecule has 3 N–H and O–H groups in total. The summed E-state index contributed by atoms with van der Waals surface area (Å²) in [5.41, 5.74) is 6.81. The van der Waals surface area contributed by atoms with E-state index >= 15 is 0 Å². The molecule has 1 amide bonds. The van der Waals surface area contributed by atoms with Crippen molar-refractivity contribution in [3.63, 3.8) is 0 Å². The van der Waals surface area contributed by atoms with E-state index in [9.17, 15) is 9.00 Å². The number of nitrogens with one attached hydrogen (secondary N) is 1. The molecule has 0 aliphatic rings. The largest absolute Gasteiger partial charge is 0.497 e. The van der Waals surface area contributed by atoms with Gasteiger partial charge < -0.3 is 15.8 Å². The SMILES string of the molecule is CCCCS(=O)CCC(=O)Nc1ccc(OC)cc1N. The first-order valence-electron chi connectivity index (χ1n) is 6.65. The molecule has 0 saturated heterocycles. The summed E-state index contributed by atoms with van der Waals surface area (Å²) in [6, 6.07) is 5.07. The van der Waals surface area contributed by atoms with Gasteiger partial charge in [0.2, 0.25) is 5.91 Å². The maximum Gasteiger partial charge on any atom is 0.225 e. The average Bonchev–Trinajstić information content (AvgIpc) is 2.45. The number of benzene rings is 1. The van der Waals surface area contributed by atoms with E-state index in [0.717, 1.165) is 12.8 Å². The number of anilines is 2. The smallest absolute Gasteiger partial charge is 0.225 e. The molecule has 1 unspecified atom stereocenters. The van der Waals surface area contributed by atoms with Crippen LogP contribution in [0.3, 0.4) is 0 Å². The zero-order valence-corrected chi connectivity index (χ0v) is 12.8. The van der Waals surface area contributed by atoms with E-state index in [1.165, 1.54) is 0 Å². The zero-order valence-electron chi connectivity index (χ0n) is 12.0. The van der Waals surface area contributed by atoms with Gasteiger partial charge in [0.1, 0.15) is 5.75 Å². The van der Waals surface area contributed by atoms with Crippen molar-refractivity contribution >= 4 is 28.1 Å². The number of hydrogen-bond acceptors (Lipinski definition) is 4. The predicted octanol–water partition coefficient (Wildman–Crippen LogP) is 2.15. The van der Waals surface area contributed by atoms with Gasteiger partial charge in [0.15, 0.2) is 0 Å². The van der Waals surface area contributed by atoms with Gasteiger partial charge in [-0.05, 0) is 18.6 Å². The molecular formula is C14H22N2O3S. The maximum absolute atomic E-state index is 11.8. The quantitative estimate of drug-likeness (QED) is 0.721. The van der Waals surface area contributed by atoms with Crippen molar-refractivity contribution in [3.8, 4) is 5.75 Å². The van der Waals surface area contributed by atoms with E-state index in [-0.39, 0.29) is 12.3 Å². The number of amides is 1. The van der Waals surface area contributed by atoms with Gasteiger partial charge in [-0.3, -0.25) is 9.00 Å². The molecule has 0 aliphatic carbocycles. The van der Waals surface area contributed by atoms with Gasteiger partial charge in [-0.2, -0.15) is 0 Å². The third kappa shape index (κ3) is 5.61. The van der Waals surface area contributed by atoms with Crippen molar-refractivity contribution in [2.24, 2.45) is 0 Å². The van der Waals surface area contributed by atoms with E-state index in [1.54, 1.807) is 25.3 Å². The molecule has 20 heavy (non-hydrogen) atoms. The van der Waals surface area contributed by atoms with Crippen LogP contribution < -0.4 is 15.8 Å². The monoisotopic (exact) mass is 298 g/mol. The lowest BCUT2D eigenvalue weighted by Gasteiger charge is -2.09. The number of nitrogens with two attached hydrogens (primary N) is 1. The standard InChI is InChI=1S/C14H22N2O3S/c1-3-4-8-20(18)9-7-14(17)16-13-6-5-11(19-2)10-12(13)15/h5-6,10H,3-4,7-9,15H2,1-2H3,(H,16,17). The second-order valence-corrected chi connectivity index (χ2v) is 6.15. The van der Waals surface area contributed by atoms with Crippen LogP contribution in [0.25, 0.3) is 0 Å². The topological polar surface area (TPSA) is 81.4 Å². The minimum Gasteiger partial charge on any atom is -0.497 e. The van der Waals surface area contributed by atoms with Crippen LogP contribution in [0.4, 0.5) is 11.4 Å². The summed E-state index contributed by atoms with van der Waals surface area (Å²) in [6.07, 6.45) is 2.18. The molecule has 0 bridgehead atoms. The number of ether oxygens (including phenoxy) is 1. The molecule has 1 atom stereocenters. The van der Waals surface area contributed by atoms with E-state index in [4.69, 9.17) is 10.5 Å². The van der Waals surface area contributed by atoms with E-state index < -0.39 is 10.8 Å². The average molecular weight is 298 g/mol. The van der Waals surface area contributed by atoms with Crippen LogP contribution in [-0.2, 0) is 15.6 Å². The van der Waals surface area contributed by atoms with E-state index in [1.807, 2.05) is 0 Å². The Hall–Kier alpha value is -1.56. The molecule has 1 rings (SSSR count). The Labute approximate surface area is 122 Å². The Balaban J connectivity index is 2.44. The molecule has 0 fully saturated rings. The van der Waals surface area contributed by atoms with Crippen molar-refractivity contribution in [2.75, 3.05) is 29.7 Å². The minimum atomic E-state index is -0.921. The highest BCUT2D eigenvalue weighted by Crippen LogP contribution is 2.24. The summed E-state index contributed by atoms with van der Waals surface area (Å²) in [7, 11) is 0.633.